The average molecular weight is 284 g/mol. The van der Waals surface area contributed by atoms with Gasteiger partial charge < -0.3 is 10.1 Å². The van der Waals surface area contributed by atoms with E-state index in [1.807, 2.05) is 0 Å². The van der Waals surface area contributed by atoms with Crippen LogP contribution in [-0.4, -0.2) is 24.3 Å². The third kappa shape index (κ3) is 5.37. The molecule has 0 bridgehead atoms. The number of hydrogen-bond donors (Lipinski definition) is 1. The van der Waals surface area contributed by atoms with Crippen LogP contribution in [0.1, 0.15) is 74.1 Å². The van der Waals surface area contributed by atoms with Gasteiger partial charge in [-0.05, 0) is 50.4 Å². The van der Waals surface area contributed by atoms with Crippen LogP contribution in [-0.2, 0) is 4.74 Å². The molecule has 0 aromatic heterocycles. The normalized spacial score (nSPS) is 29.4. The second-order valence-electron chi connectivity index (χ2n) is 7.87. The van der Waals surface area contributed by atoms with Crippen LogP contribution in [0.25, 0.3) is 0 Å². The summed E-state index contributed by atoms with van der Waals surface area (Å²) in [7, 11) is 0. The molecule has 120 valence electrons. The van der Waals surface area contributed by atoms with Crippen molar-refractivity contribution >= 4 is 0 Å². The number of nitrogens with one attached hydrogen (secondary N) is 1. The fraction of sp³-hybridized carbons (Fsp3) is 1.00. The van der Waals surface area contributed by atoms with Crippen LogP contribution in [0.3, 0.4) is 0 Å². The minimum atomic E-state index is 0.0688. The van der Waals surface area contributed by atoms with Crippen LogP contribution < -0.4 is 5.32 Å². The van der Waals surface area contributed by atoms with Gasteiger partial charge in [0.25, 0.3) is 0 Å². The smallest absolute Gasteiger partial charge is 0.0810 e. The number of hydrogen-bond acceptors (Lipinski definition) is 2. The molecule has 0 aromatic carbocycles. The molecule has 1 saturated carbocycles. The predicted octanol–water partition coefficient (Wildman–Crippen LogP) is 4.63. The Kier molecular flexibility index (Phi) is 7.00. The lowest BCUT2D eigenvalue weighted by Gasteiger charge is -2.44. The van der Waals surface area contributed by atoms with Crippen LogP contribution in [0.2, 0.25) is 0 Å². The van der Waals surface area contributed by atoms with Crippen molar-refractivity contribution in [2.24, 2.45) is 17.8 Å². The van der Waals surface area contributed by atoms with E-state index in [1.54, 1.807) is 0 Å². The van der Waals surface area contributed by atoms with E-state index in [0.717, 1.165) is 18.4 Å². The molecule has 1 rings (SSSR count). The molecular formula is C18H37NO. The minimum Gasteiger partial charge on any atom is -0.370 e. The highest BCUT2D eigenvalue weighted by Gasteiger charge is 2.38. The van der Waals surface area contributed by atoms with Crippen molar-refractivity contribution in [1.29, 1.82) is 0 Å². The summed E-state index contributed by atoms with van der Waals surface area (Å²) < 4.78 is 6.56. The van der Waals surface area contributed by atoms with Gasteiger partial charge in [-0.1, -0.05) is 41.5 Å². The summed E-state index contributed by atoms with van der Waals surface area (Å²) in [5.74, 6) is 2.29. The fourth-order valence-corrected chi connectivity index (χ4v) is 3.09. The monoisotopic (exact) mass is 283 g/mol. The molecule has 0 amide bonds. The molecule has 1 aliphatic rings. The fourth-order valence-electron chi connectivity index (χ4n) is 3.09. The minimum absolute atomic E-state index is 0.0688. The van der Waals surface area contributed by atoms with Gasteiger partial charge in [0.2, 0.25) is 0 Å². The lowest BCUT2D eigenvalue weighted by atomic mass is 9.74. The lowest BCUT2D eigenvalue weighted by molar-refractivity contribution is -0.127. The Balaban J connectivity index is 2.66. The molecule has 0 heterocycles. The van der Waals surface area contributed by atoms with Gasteiger partial charge in [-0.3, -0.25) is 0 Å². The van der Waals surface area contributed by atoms with Crippen molar-refractivity contribution < 1.29 is 4.74 Å². The zero-order valence-electron chi connectivity index (χ0n) is 14.8. The highest BCUT2D eigenvalue weighted by Crippen LogP contribution is 2.39. The maximum absolute atomic E-state index is 6.56. The van der Waals surface area contributed by atoms with Crippen LogP contribution in [0.4, 0.5) is 0 Å². The van der Waals surface area contributed by atoms with Crippen molar-refractivity contribution in [1.82, 2.24) is 5.32 Å². The van der Waals surface area contributed by atoms with Gasteiger partial charge in [0, 0.05) is 12.6 Å². The molecule has 0 aromatic rings. The van der Waals surface area contributed by atoms with Crippen molar-refractivity contribution in [2.75, 3.05) is 6.54 Å². The van der Waals surface area contributed by atoms with Crippen molar-refractivity contribution in [3.8, 4) is 0 Å². The third-order valence-electron chi connectivity index (χ3n) is 5.09. The molecule has 0 saturated heterocycles. The van der Waals surface area contributed by atoms with Gasteiger partial charge in [0.15, 0.2) is 0 Å². The van der Waals surface area contributed by atoms with E-state index in [4.69, 9.17) is 4.74 Å². The first kappa shape index (κ1) is 18.0. The van der Waals surface area contributed by atoms with Gasteiger partial charge in [-0.25, -0.2) is 0 Å². The van der Waals surface area contributed by atoms with Crippen LogP contribution in [0, 0.1) is 17.8 Å². The first-order valence-corrected chi connectivity index (χ1v) is 8.67. The van der Waals surface area contributed by atoms with Crippen molar-refractivity contribution in [3.63, 3.8) is 0 Å². The zero-order chi connectivity index (χ0) is 15.3. The lowest BCUT2D eigenvalue weighted by Crippen LogP contribution is -2.50. The van der Waals surface area contributed by atoms with Crippen LogP contribution >= 0.6 is 0 Å². The van der Waals surface area contributed by atoms with Crippen molar-refractivity contribution in [2.45, 2.75) is 91.9 Å². The van der Waals surface area contributed by atoms with E-state index in [1.165, 1.54) is 25.7 Å². The first-order chi connectivity index (χ1) is 9.26. The zero-order valence-corrected chi connectivity index (χ0v) is 14.8. The van der Waals surface area contributed by atoms with Gasteiger partial charge in [-0.15, -0.1) is 0 Å². The Bertz CT molecular complexity index is 265. The second-order valence-corrected chi connectivity index (χ2v) is 7.87. The molecule has 2 nitrogen and oxygen atoms in total. The summed E-state index contributed by atoms with van der Waals surface area (Å²) >= 11 is 0. The quantitative estimate of drug-likeness (QED) is 0.735. The van der Waals surface area contributed by atoms with Crippen LogP contribution in [0.15, 0.2) is 0 Å². The standard InChI is InChI=1S/C18H37NO/c1-13(2)16(7)20-18(12-19-15(5)6)10-8-17(9-11-18)14(3)4/h13-17,19H,8-12H2,1-7H3. The largest absolute Gasteiger partial charge is 0.370 e. The molecule has 0 radical (unpaired) electrons. The topological polar surface area (TPSA) is 21.3 Å². The Morgan fingerprint density at radius 2 is 1.55 bits per heavy atom. The van der Waals surface area contributed by atoms with E-state index in [-0.39, 0.29) is 5.60 Å². The molecule has 2 heteroatoms. The van der Waals surface area contributed by atoms with Gasteiger partial charge in [0.05, 0.1) is 11.7 Å². The van der Waals surface area contributed by atoms with Crippen LogP contribution in [0.5, 0.6) is 0 Å². The third-order valence-corrected chi connectivity index (χ3v) is 5.09. The van der Waals surface area contributed by atoms with E-state index in [2.05, 4.69) is 53.8 Å². The molecule has 1 fully saturated rings. The maximum Gasteiger partial charge on any atom is 0.0810 e. The SMILES string of the molecule is CC(C)NCC1(OC(C)C(C)C)CCC(C(C)C)CC1. The summed E-state index contributed by atoms with van der Waals surface area (Å²) in [4.78, 5) is 0. The van der Waals surface area contributed by atoms with Gasteiger partial charge >= 0.3 is 0 Å². The van der Waals surface area contributed by atoms with Gasteiger partial charge in [0.1, 0.15) is 0 Å². The van der Waals surface area contributed by atoms with E-state index >= 15 is 0 Å². The average Bonchev–Trinajstić information content (AvgIpc) is 2.37. The Hall–Kier alpha value is -0.0800. The highest BCUT2D eigenvalue weighted by molar-refractivity contribution is 4.91. The molecule has 1 aliphatic carbocycles. The summed E-state index contributed by atoms with van der Waals surface area (Å²) in [5, 5.41) is 3.62. The predicted molar refractivity (Wildman–Crippen MR) is 88.1 cm³/mol. The van der Waals surface area contributed by atoms with E-state index in [9.17, 15) is 0 Å². The van der Waals surface area contributed by atoms with Crippen molar-refractivity contribution in [3.05, 3.63) is 0 Å². The Morgan fingerprint density at radius 1 is 1.00 bits per heavy atom. The molecule has 1 atom stereocenters. The first-order valence-electron chi connectivity index (χ1n) is 8.67. The molecule has 20 heavy (non-hydrogen) atoms. The second kappa shape index (κ2) is 7.79. The van der Waals surface area contributed by atoms with E-state index in [0.29, 0.717) is 18.1 Å². The maximum atomic E-state index is 6.56. The molecule has 1 N–H and O–H groups in total. The summed E-state index contributed by atoms with van der Waals surface area (Å²) in [6.07, 6.45) is 5.42. The number of ether oxygens (including phenoxy) is 1. The molecular weight excluding hydrogens is 246 g/mol. The summed E-state index contributed by atoms with van der Waals surface area (Å²) in [5.41, 5.74) is 0.0688. The Labute approximate surface area is 127 Å². The Morgan fingerprint density at radius 3 is 1.95 bits per heavy atom. The molecule has 0 aliphatic heterocycles. The summed E-state index contributed by atoms with van der Waals surface area (Å²) in [6, 6.07) is 0.535. The highest BCUT2D eigenvalue weighted by atomic mass is 16.5. The van der Waals surface area contributed by atoms with E-state index < -0.39 is 0 Å². The molecule has 1 unspecified atom stereocenters. The van der Waals surface area contributed by atoms with Gasteiger partial charge in [-0.2, -0.15) is 0 Å². The number of rotatable bonds is 7. The molecule has 0 spiro atoms. The summed E-state index contributed by atoms with van der Waals surface area (Å²) in [6.45, 7) is 16.9.